The number of rotatable bonds is 8. The molecule has 1 fully saturated rings. The minimum absolute atomic E-state index is 0.0422. The van der Waals surface area contributed by atoms with Crippen molar-refractivity contribution >= 4 is 33.2 Å². The Labute approximate surface area is 223 Å². The van der Waals surface area contributed by atoms with Crippen molar-refractivity contribution < 1.29 is 22.7 Å². The maximum absolute atomic E-state index is 13.3. The molecule has 1 heterocycles. The molecule has 0 atom stereocenters. The van der Waals surface area contributed by atoms with Gasteiger partial charge in [-0.25, -0.2) is 8.42 Å². The minimum atomic E-state index is -3.76. The van der Waals surface area contributed by atoms with E-state index >= 15 is 0 Å². The first-order valence-corrected chi connectivity index (χ1v) is 13.6. The van der Waals surface area contributed by atoms with Gasteiger partial charge in [-0.15, -0.1) is 0 Å². The summed E-state index contributed by atoms with van der Waals surface area (Å²) in [5.74, 6) is 1.22. The lowest BCUT2D eigenvalue weighted by molar-refractivity contribution is 0.0746. The fourth-order valence-electron chi connectivity index (χ4n) is 4.29. The Hall–Kier alpha value is -3.27. The number of halogens is 1. The second-order valence-electron chi connectivity index (χ2n) is 8.72. The summed E-state index contributed by atoms with van der Waals surface area (Å²) < 4.78 is 38.0. The summed E-state index contributed by atoms with van der Waals surface area (Å²) >= 11 is 5.90. The summed E-state index contributed by atoms with van der Waals surface area (Å²) in [5, 5.41) is 0.458. The molecule has 37 heavy (non-hydrogen) atoms. The Morgan fingerprint density at radius 2 is 1.57 bits per heavy atom. The van der Waals surface area contributed by atoms with Gasteiger partial charge in [0.1, 0.15) is 11.5 Å². The number of carbonyl (C=O) groups is 1. The van der Waals surface area contributed by atoms with Crippen LogP contribution in [0.3, 0.4) is 0 Å². The van der Waals surface area contributed by atoms with Crippen molar-refractivity contribution in [3.63, 3.8) is 0 Å². The number of piperazine rings is 1. The Kier molecular flexibility index (Phi) is 8.26. The normalized spacial score (nSPS) is 14.1. The lowest BCUT2D eigenvalue weighted by atomic mass is 10.1. The van der Waals surface area contributed by atoms with Gasteiger partial charge in [0.2, 0.25) is 10.0 Å². The van der Waals surface area contributed by atoms with Gasteiger partial charge in [0.15, 0.2) is 0 Å². The SMILES string of the molecule is COc1ccc(N2CCN(C(=O)c3ccc(OC)c(CN(C)S(=O)(=O)c4ccc(Cl)cc4)c3)CC2)cc1. The van der Waals surface area contributed by atoms with Gasteiger partial charge >= 0.3 is 0 Å². The van der Waals surface area contributed by atoms with Crippen LogP contribution in [0.5, 0.6) is 11.5 Å². The number of hydrogen-bond acceptors (Lipinski definition) is 6. The maximum atomic E-state index is 13.3. The average molecular weight is 544 g/mol. The number of anilines is 1. The number of nitrogens with zero attached hydrogens (tertiary/aromatic N) is 3. The highest BCUT2D eigenvalue weighted by Crippen LogP contribution is 2.26. The van der Waals surface area contributed by atoms with Crippen molar-refractivity contribution in [2.24, 2.45) is 0 Å². The first-order chi connectivity index (χ1) is 17.7. The first kappa shape index (κ1) is 26.8. The van der Waals surface area contributed by atoms with E-state index in [0.29, 0.717) is 48.1 Å². The first-order valence-electron chi connectivity index (χ1n) is 11.8. The van der Waals surface area contributed by atoms with Crippen LogP contribution in [0.25, 0.3) is 0 Å². The molecule has 0 bridgehead atoms. The molecular weight excluding hydrogens is 514 g/mol. The van der Waals surface area contributed by atoms with Gasteiger partial charge < -0.3 is 19.3 Å². The fraction of sp³-hybridized carbons (Fsp3) is 0.296. The summed E-state index contributed by atoms with van der Waals surface area (Å²) in [7, 11) is 0.897. The van der Waals surface area contributed by atoms with E-state index in [9.17, 15) is 13.2 Å². The van der Waals surface area contributed by atoms with E-state index < -0.39 is 10.0 Å². The highest BCUT2D eigenvalue weighted by Gasteiger charge is 2.25. The molecule has 0 saturated carbocycles. The average Bonchev–Trinajstić information content (AvgIpc) is 2.93. The van der Waals surface area contributed by atoms with Crippen LogP contribution in [0, 0.1) is 0 Å². The molecule has 8 nitrogen and oxygen atoms in total. The van der Waals surface area contributed by atoms with E-state index in [1.54, 1.807) is 25.3 Å². The Morgan fingerprint density at radius 1 is 0.919 bits per heavy atom. The lowest BCUT2D eigenvalue weighted by Crippen LogP contribution is -2.48. The summed E-state index contributed by atoms with van der Waals surface area (Å²) in [5.41, 5.74) is 2.18. The van der Waals surface area contributed by atoms with Gasteiger partial charge in [-0.05, 0) is 66.7 Å². The fourth-order valence-corrected chi connectivity index (χ4v) is 5.56. The van der Waals surface area contributed by atoms with Crippen LogP contribution in [0.2, 0.25) is 5.02 Å². The monoisotopic (exact) mass is 543 g/mol. The van der Waals surface area contributed by atoms with Crippen LogP contribution < -0.4 is 14.4 Å². The van der Waals surface area contributed by atoms with Crippen LogP contribution in [0.1, 0.15) is 15.9 Å². The van der Waals surface area contributed by atoms with E-state index in [0.717, 1.165) is 11.4 Å². The van der Waals surface area contributed by atoms with Crippen molar-refractivity contribution in [3.05, 3.63) is 82.9 Å². The largest absolute Gasteiger partial charge is 0.497 e. The molecule has 0 N–H and O–H groups in total. The Morgan fingerprint density at radius 3 is 2.16 bits per heavy atom. The van der Waals surface area contributed by atoms with Crippen LogP contribution in [-0.4, -0.2) is 71.0 Å². The van der Waals surface area contributed by atoms with E-state index in [1.165, 1.54) is 42.7 Å². The molecule has 0 spiro atoms. The number of carbonyl (C=O) groups excluding carboxylic acids is 1. The molecule has 3 aromatic rings. The third-order valence-electron chi connectivity index (χ3n) is 6.45. The molecule has 3 aromatic carbocycles. The second kappa shape index (κ2) is 11.4. The second-order valence-corrected chi connectivity index (χ2v) is 11.2. The van der Waals surface area contributed by atoms with Crippen LogP contribution in [0.15, 0.2) is 71.6 Å². The zero-order valence-electron chi connectivity index (χ0n) is 21.1. The zero-order chi connectivity index (χ0) is 26.6. The van der Waals surface area contributed by atoms with Crippen LogP contribution in [0.4, 0.5) is 5.69 Å². The molecule has 10 heteroatoms. The van der Waals surface area contributed by atoms with E-state index in [2.05, 4.69) is 4.90 Å². The molecule has 1 amide bonds. The van der Waals surface area contributed by atoms with Crippen LogP contribution in [-0.2, 0) is 16.6 Å². The molecule has 4 rings (SSSR count). The molecule has 1 aliphatic rings. The van der Waals surface area contributed by atoms with Gasteiger partial charge in [0.25, 0.3) is 5.91 Å². The van der Waals surface area contributed by atoms with Crippen molar-refractivity contribution in [2.75, 3.05) is 52.3 Å². The molecule has 0 unspecified atom stereocenters. The van der Waals surface area contributed by atoms with E-state index in [1.807, 2.05) is 29.2 Å². The maximum Gasteiger partial charge on any atom is 0.253 e. The van der Waals surface area contributed by atoms with Crippen molar-refractivity contribution in [1.82, 2.24) is 9.21 Å². The number of methoxy groups -OCH3 is 2. The standard InChI is InChI=1S/C27H30ClN3O5S/c1-29(37(33,34)25-11-5-22(28)6-12-25)19-21-18-20(4-13-26(21)36-3)27(32)31-16-14-30(15-17-31)23-7-9-24(35-2)10-8-23/h4-13,18H,14-17,19H2,1-3H3. The third-order valence-corrected chi connectivity index (χ3v) is 8.52. The summed E-state index contributed by atoms with van der Waals surface area (Å²) in [6.07, 6.45) is 0. The highest BCUT2D eigenvalue weighted by molar-refractivity contribution is 7.89. The van der Waals surface area contributed by atoms with Gasteiger partial charge in [0, 0.05) is 61.6 Å². The van der Waals surface area contributed by atoms with Crippen molar-refractivity contribution in [2.45, 2.75) is 11.4 Å². The van der Waals surface area contributed by atoms with E-state index in [4.69, 9.17) is 21.1 Å². The summed E-state index contributed by atoms with van der Waals surface area (Å²) in [6, 6.07) is 19.0. The quantitative estimate of drug-likeness (QED) is 0.425. The predicted octanol–water partition coefficient (Wildman–Crippen LogP) is 4.14. The van der Waals surface area contributed by atoms with Gasteiger partial charge in [0.05, 0.1) is 19.1 Å². The summed E-state index contributed by atoms with van der Waals surface area (Å²) in [4.78, 5) is 17.5. The minimum Gasteiger partial charge on any atom is -0.497 e. The lowest BCUT2D eigenvalue weighted by Gasteiger charge is -2.36. The van der Waals surface area contributed by atoms with Crippen molar-refractivity contribution in [3.8, 4) is 11.5 Å². The summed E-state index contributed by atoms with van der Waals surface area (Å²) in [6.45, 7) is 2.63. The molecule has 0 aromatic heterocycles. The van der Waals surface area contributed by atoms with Crippen molar-refractivity contribution in [1.29, 1.82) is 0 Å². The number of ether oxygens (including phenoxy) is 2. The highest BCUT2D eigenvalue weighted by atomic mass is 35.5. The zero-order valence-corrected chi connectivity index (χ0v) is 22.6. The molecule has 1 saturated heterocycles. The Bertz CT molecular complexity index is 1340. The third kappa shape index (κ3) is 6.01. The van der Waals surface area contributed by atoms with Gasteiger partial charge in [-0.1, -0.05) is 11.6 Å². The number of hydrogen-bond donors (Lipinski definition) is 0. The molecule has 196 valence electrons. The van der Waals surface area contributed by atoms with Crippen LogP contribution >= 0.6 is 11.6 Å². The number of amides is 1. The Balaban J connectivity index is 1.46. The van der Waals surface area contributed by atoms with E-state index in [-0.39, 0.29) is 17.3 Å². The molecular formula is C27H30ClN3O5S. The van der Waals surface area contributed by atoms with Gasteiger partial charge in [-0.2, -0.15) is 4.31 Å². The smallest absolute Gasteiger partial charge is 0.253 e. The van der Waals surface area contributed by atoms with Gasteiger partial charge in [-0.3, -0.25) is 4.79 Å². The molecule has 1 aliphatic heterocycles. The molecule has 0 radical (unpaired) electrons. The number of benzene rings is 3. The molecule has 0 aliphatic carbocycles. The topological polar surface area (TPSA) is 79.4 Å². The predicted molar refractivity (Wildman–Crippen MR) is 144 cm³/mol. The number of sulfonamides is 1.